The van der Waals surface area contributed by atoms with Gasteiger partial charge in [0.25, 0.3) is 0 Å². The Morgan fingerprint density at radius 3 is 0.571 bits per heavy atom. The molecule has 0 aromatic heterocycles. The Hall–Kier alpha value is -2.07. The molecule has 0 aliphatic rings. The van der Waals surface area contributed by atoms with Gasteiger partial charge in [0, 0.05) is 17.4 Å². The van der Waals surface area contributed by atoms with Crippen LogP contribution < -0.4 is 0 Å². The zero-order valence-electron chi connectivity index (χ0n) is 11.6. The standard InChI is InChI=1S/2C10H8.Cr/c2*1-2-6-10-8-4-3-7-9(10)5-1;/h2*1-8H;. The molecule has 0 fully saturated rings. The van der Waals surface area contributed by atoms with Crippen molar-refractivity contribution in [2.45, 2.75) is 0 Å². The van der Waals surface area contributed by atoms with E-state index >= 15 is 0 Å². The van der Waals surface area contributed by atoms with E-state index in [1.807, 2.05) is 0 Å². The molecule has 0 nitrogen and oxygen atoms in total. The summed E-state index contributed by atoms with van der Waals surface area (Å²) in [6.07, 6.45) is 0. The largest absolute Gasteiger partial charge is 0.0616 e. The molecule has 21 heavy (non-hydrogen) atoms. The summed E-state index contributed by atoms with van der Waals surface area (Å²) in [7, 11) is 0. The molecular weight excluding hydrogens is 292 g/mol. The summed E-state index contributed by atoms with van der Waals surface area (Å²) in [4.78, 5) is 0. The molecule has 102 valence electrons. The molecule has 4 aromatic carbocycles. The maximum Gasteiger partial charge on any atom is 0 e. The van der Waals surface area contributed by atoms with Crippen LogP contribution >= 0.6 is 0 Å². The zero-order chi connectivity index (χ0) is 13.6. The predicted octanol–water partition coefficient (Wildman–Crippen LogP) is 5.68. The van der Waals surface area contributed by atoms with Crippen molar-refractivity contribution < 1.29 is 17.4 Å². The molecule has 0 saturated carbocycles. The van der Waals surface area contributed by atoms with Crippen molar-refractivity contribution in [1.82, 2.24) is 0 Å². The molecule has 4 aromatic rings. The first-order valence-corrected chi connectivity index (χ1v) is 6.81. The summed E-state index contributed by atoms with van der Waals surface area (Å²) in [5.41, 5.74) is 0. The first kappa shape index (κ1) is 15.3. The van der Waals surface area contributed by atoms with Gasteiger partial charge >= 0.3 is 0 Å². The average molecular weight is 308 g/mol. The van der Waals surface area contributed by atoms with E-state index in [-0.39, 0.29) is 17.4 Å². The smallest absolute Gasteiger partial charge is 0 e. The van der Waals surface area contributed by atoms with Gasteiger partial charge in [-0.15, -0.1) is 0 Å². The van der Waals surface area contributed by atoms with Crippen molar-refractivity contribution in [2.75, 3.05) is 0 Å². The fraction of sp³-hybridized carbons (Fsp3) is 0. The monoisotopic (exact) mass is 308 g/mol. The normalized spacial score (nSPS) is 9.52. The van der Waals surface area contributed by atoms with Gasteiger partial charge in [0.05, 0.1) is 0 Å². The number of benzene rings is 4. The Morgan fingerprint density at radius 2 is 0.429 bits per heavy atom. The van der Waals surface area contributed by atoms with E-state index in [4.69, 9.17) is 0 Å². The molecule has 0 bridgehead atoms. The number of rotatable bonds is 0. The SMILES string of the molecule is [Cr].c1ccc2ccccc2c1.c1ccc2ccccc2c1. The Bertz CT molecular complexity index is 619. The molecule has 0 aliphatic heterocycles. The Kier molecular flexibility index (Phi) is 5.58. The molecule has 0 unspecified atom stereocenters. The summed E-state index contributed by atoms with van der Waals surface area (Å²) >= 11 is 0. The van der Waals surface area contributed by atoms with Crippen molar-refractivity contribution in [1.29, 1.82) is 0 Å². The van der Waals surface area contributed by atoms with E-state index in [9.17, 15) is 0 Å². The summed E-state index contributed by atoms with van der Waals surface area (Å²) < 4.78 is 0. The van der Waals surface area contributed by atoms with Crippen LogP contribution in [0, 0.1) is 0 Å². The second kappa shape index (κ2) is 7.65. The molecule has 4 rings (SSSR count). The average Bonchev–Trinajstić information content (AvgIpc) is 2.56. The van der Waals surface area contributed by atoms with Gasteiger partial charge in [-0.1, -0.05) is 97.1 Å². The van der Waals surface area contributed by atoms with Crippen LogP contribution in [0.5, 0.6) is 0 Å². The van der Waals surface area contributed by atoms with Crippen LogP contribution in [0.4, 0.5) is 0 Å². The van der Waals surface area contributed by atoms with Crippen LogP contribution in [0.2, 0.25) is 0 Å². The molecular formula is C20H16Cr. The summed E-state index contributed by atoms with van der Waals surface area (Å²) in [6, 6.07) is 33.4. The molecule has 0 radical (unpaired) electrons. The third kappa shape index (κ3) is 3.95. The van der Waals surface area contributed by atoms with Crippen molar-refractivity contribution in [3.8, 4) is 0 Å². The molecule has 1 heteroatoms. The van der Waals surface area contributed by atoms with Gasteiger partial charge in [-0.2, -0.15) is 0 Å². The first-order chi connectivity index (χ1) is 9.93. The van der Waals surface area contributed by atoms with Gasteiger partial charge in [-0.05, 0) is 21.5 Å². The van der Waals surface area contributed by atoms with E-state index < -0.39 is 0 Å². The van der Waals surface area contributed by atoms with E-state index in [0.29, 0.717) is 0 Å². The van der Waals surface area contributed by atoms with Gasteiger partial charge in [-0.3, -0.25) is 0 Å². The summed E-state index contributed by atoms with van der Waals surface area (Å²) in [6.45, 7) is 0. The zero-order valence-corrected chi connectivity index (χ0v) is 12.9. The first-order valence-electron chi connectivity index (χ1n) is 6.81. The van der Waals surface area contributed by atoms with Gasteiger partial charge in [0.15, 0.2) is 0 Å². The predicted molar refractivity (Wildman–Crippen MR) is 87.9 cm³/mol. The summed E-state index contributed by atoms with van der Waals surface area (Å²) in [5.74, 6) is 0. The molecule has 0 heterocycles. The number of hydrogen-bond donors (Lipinski definition) is 0. The van der Waals surface area contributed by atoms with Crippen LogP contribution in [0.3, 0.4) is 0 Å². The van der Waals surface area contributed by atoms with Crippen molar-refractivity contribution in [3.05, 3.63) is 97.1 Å². The molecule has 0 amide bonds. The van der Waals surface area contributed by atoms with Crippen LogP contribution in [0.15, 0.2) is 97.1 Å². The van der Waals surface area contributed by atoms with E-state index in [1.54, 1.807) is 0 Å². The van der Waals surface area contributed by atoms with Gasteiger partial charge in [0.2, 0.25) is 0 Å². The Balaban J connectivity index is 0.000000147. The van der Waals surface area contributed by atoms with E-state index in [1.165, 1.54) is 21.5 Å². The van der Waals surface area contributed by atoms with Crippen LogP contribution in [0.25, 0.3) is 21.5 Å². The second-order valence-corrected chi connectivity index (χ2v) is 4.69. The number of fused-ring (bicyclic) bond motifs is 2. The molecule has 0 aliphatic carbocycles. The van der Waals surface area contributed by atoms with Crippen molar-refractivity contribution in [3.63, 3.8) is 0 Å². The molecule has 0 saturated heterocycles. The van der Waals surface area contributed by atoms with Crippen molar-refractivity contribution in [2.24, 2.45) is 0 Å². The second-order valence-electron chi connectivity index (χ2n) is 4.69. The quantitative estimate of drug-likeness (QED) is 0.392. The molecule has 0 atom stereocenters. The number of hydrogen-bond acceptors (Lipinski definition) is 0. The van der Waals surface area contributed by atoms with Crippen LogP contribution in [-0.4, -0.2) is 0 Å². The van der Waals surface area contributed by atoms with Crippen molar-refractivity contribution >= 4 is 21.5 Å². The minimum absolute atomic E-state index is 0. The minimum atomic E-state index is 0. The van der Waals surface area contributed by atoms with E-state index in [0.717, 1.165) is 0 Å². The fourth-order valence-corrected chi connectivity index (χ4v) is 2.27. The van der Waals surface area contributed by atoms with Gasteiger partial charge in [0.1, 0.15) is 0 Å². The molecule has 0 spiro atoms. The van der Waals surface area contributed by atoms with Gasteiger partial charge in [-0.25, -0.2) is 0 Å². The third-order valence-corrected chi connectivity index (χ3v) is 3.32. The maximum absolute atomic E-state index is 2.12. The Labute approximate surface area is 136 Å². The van der Waals surface area contributed by atoms with E-state index in [2.05, 4.69) is 97.1 Å². The summed E-state index contributed by atoms with van der Waals surface area (Å²) in [5, 5.41) is 5.24. The Morgan fingerprint density at radius 1 is 0.286 bits per heavy atom. The van der Waals surface area contributed by atoms with Crippen LogP contribution in [-0.2, 0) is 17.4 Å². The third-order valence-electron chi connectivity index (χ3n) is 3.32. The van der Waals surface area contributed by atoms with Crippen LogP contribution in [0.1, 0.15) is 0 Å². The maximum atomic E-state index is 2.12. The van der Waals surface area contributed by atoms with Gasteiger partial charge < -0.3 is 0 Å². The minimum Gasteiger partial charge on any atom is -0.0616 e. The topological polar surface area (TPSA) is 0 Å². The fourth-order valence-electron chi connectivity index (χ4n) is 2.27. The molecule has 0 N–H and O–H groups in total.